The molecule has 0 radical (unpaired) electrons. The van der Waals surface area contributed by atoms with E-state index in [0.717, 1.165) is 11.3 Å². The van der Waals surface area contributed by atoms with Crippen LogP contribution in [0.25, 0.3) is 11.3 Å². The van der Waals surface area contributed by atoms with Gasteiger partial charge in [0.2, 0.25) is 5.91 Å². The van der Waals surface area contributed by atoms with Gasteiger partial charge >= 0.3 is 0 Å². The Morgan fingerprint density at radius 1 is 1.24 bits per heavy atom. The lowest BCUT2D eigenvalue weighted by Crippen LogP contribution is -2.41. The Morgan fingerprint density at radius 3 is 2.68 bits per heavy atom. The lowest BCUT2D eigenvalue weighted by molar-refractivity contribution is -0.117. The third kappa shape index (κ3) is 4.26. The number of anilines is 1. The van der Waals surface area contributed by atoms with E-state index >= 15 is 0 Å². The number of halogens is 1. The molecule has 0 bridgehead atoms. The fraction of sp³-hybridized carbons (Fsp3) is 0.118. The van der Waals surface area contributed by atoms with Gasteiger partial charge in [-0.05, 0) is 25.1 Å². The second-order valence-electron chi connectivity index (χ2n) is 5.24. The predicted octanol–water partition coefficient (Wildman–Crippen LogP) is 3.81. The maximum absolute atomic E-state index is 12.2. The van der Waals surface area contributed by atoms with Crippen molar-refractivity contribution in [2.75, 3.05) is 5.32 Å². The zero-order valence-electron chi connectivity index (χ0n) is 13.2. The monoisotopic (exact) mass is 375 g/mol. The Balaban J connectivity index is 1.61. The molecule has 6 nitrogen and oxygen atoms in total. The molecular formula is C17H14ClN3O3S. The van der Waals surface area contributed by atoms with Gasteiger partial charge in [-0.3, -0.25) is 9.59 Å². The van der Waals surface area contributed by atoms with Gasteiger partial charge in [-0.2, -0.15) is 0 Å². The minimum atomic E-state index is -0.717. The van der Waals surface area contributed by atoms with E-state index in [9.17, 15) is 9.59 Å². The quantitative estimate of drug-likeness (QED) is 0.710. The van der Waals surface area contributed by atoms with Crippen LogP contribution in [-0.4, -0.2) is 22.8 Å². The minimum absolute atomic E-state index is 0.353. The second-order valence-corrected chi connectivity index (χ2v) is 6.54. The Bertz CT molecular complexity index is 875. The number of thiazole rings is 1. The van der Waals surface area contributed by atoms with Crippen molar-refractivity contribution in [3.63, 3.8) is 0 Å². The van der Waals surface area contributed by atoms with E-state index in [-0.39, 0.29) is 11.8 Å². The number of carbonyl (C=O) groups excluding carboxylic acids is 2. The average molecular weight is 376 g/mol. The van der Waals surface area contributed by atoms with Gasteiger partial charge in [0.1, 0.15) is 12.3 Å². The van der Waals surface area contributed by atoms with Gasteiger partial charge in [0.05, 0.1) is 17.5 Å². The summed E-state index contributed by atoms with van der Waals surface area (Å²) in [7, 11) is 0. The lowest BCUT2D eigenvalue weighted by atomic mass is 10.2. The summed E-state index contributed by atoms with van der Waals surface area (Å²) in [6, 6.07) is 8.08. The molecule has 1 aromatic carbocycles. The minimum Gasteiger partial charge on any atom is -0.472 e. The molecule has 0 aliphatic carbocycles. The largest absolute Gasteiger partial charge is 0.472 e. The predicted molar refractivity (Wildman–Crippen MR) is 96.8 cm³/mol. The normalized spacial score (nSPS) is 11.8. The first-order chi connectivity index (χ1) is 12.0. The van der Waals surface area contributed by atoms with Crippen LogP contribution < -0.4 is 10.6 Å². The standard InChI is InChI=1S/C17H14ClN3O3S/c1-10(19-16(23)12-6-7-24-8-12)15(22)21-17-20-14(9-25-17)11-2-4-13(18)5-3-11/h2-10H,1H3,(H,19,23)(H,20,21,22)/t10-/m1/s1. The molecule has 2 heterocycles. The molecule has 0 saturated heterocycles. The number of benzene rings is 1. The molecule has 2 aromatic heterocycles. The van der Waals surface area contributed by atoms with Crippen LogP contribution in [0.3, 0.4) is 0 Å². The molecule has 3 rings (SSSR count). The van der Waals surface area contributed by atoms with Gasteiger partial charge in [0, 0.05) is 16.0 Å². The number of nitrogens with one attached hydrogen (secondary N) is 2. The first kappa shape index (κ1) is 17.2. The van der Waals surface area contributed by atoms with E-state index in [0.29, 0.717) is 15.7 Å². The second kappa shape index (κ2) is 7.50. The van der Waals surface area contributed by atoms with Gasteiger partial charge in [0.25, 0.3) is 5.91 Å². The topological polar surface area (TPSA) is 84.2 Å². The van der Waals surface area contributed by atoms with E-state index < -0.39 is 6.04 Å². The molecule has 2 N–H and O–H groups in total. The number of rotatable bonds is 5. The number of amides is 2. The molecule has 1 atom stereocenters. The van der Waals surface area contributed by atoms with Gasteiger partial charge in [-0.25, -0.2) is 4.98 Å². The zero-order chi connectivity index (χ0) is 17.8. The van der Waals surface area contributed by atoms with Gasteiger partial charge in [-0.1, -0.05) is 23.7 Å². The third-order valence-corrected chi connectivity index (χ3v) is 4.41. The number of furan rings is 1. The molecule has 3 aromatic rings. The van der Waals surface area contributed by atoms with Gasteiger partial charge in [0.15, 0.2) is 5.13 Å². The Hall–Kier alpha value is -2.64. The fourth-order valence-electron chi connectivity index (χ4n) is 2.04. The third-order valence-electron chi connectivity index (χ3n) is 3.40. The smallest absolute Gasteiger partial charge is 0.255 e. The Morgan fingerprint density at radius 2 is 2.00 bits per heavy atom. The fourth-order valence-corrected chi connectivity index (χ4v) is 2.89. The number of nitrogens with zero attached hydrogens (tertiary/aromatic N) is 1. The SMILES string of the molecule is C[C@@H](NC(=O)c1ccoc1)C(=O)Nc1nc(-c2ccc(Cl)cc2)cs1. The van der Waals surface area contributed by atoms with E-state index in [1.54, 1.807) is 19.1 Å². The molecule has 8 heteroatoms. The Kier molecular flexibility index (Phi) is 5.16. The summed E-state index contributed by atoms with van der Waals surface area (Å²) in [6.45, 7) is 1.60. The molecule has 2 amide bonds. The summed E-state index contributed by atoms with van der Waals surface area (Å²) >= 11 is 7.18. The first-order valence-corrected chi connectivity index (χ1v) is 8.64. The number of hydrogen-bond donors (Lipinski definition) is 2. The number of aromatic nitrogens is 1. The Labute approximate surface area is 152 Å². The maximum Gasteiger partial charge on any atom is 0.255 e. The van der Waals surface area contributed by atoms with E-state index in [4.69, 9.17) is 16.0 Å². The summed E-state index contributed by atoms with van der Waals surface area (Å²) in [4.78, 5) is 28.5. The van der Waals surface area contributed by atoms with E-state index in [1.807, 2.05) is 17.5 Å². The van der Waals surface area contributed by atoms with Crippen LogP contribution in [0.1, 0.15) is 17.3 Å². The maximum atomic E-state index is 12.2. The van der Waals surface area contributed by atoms with Crippen molar-refractivity contribution in [2.45, 2.75) is 13.0 Å². The highest BCUT2D eigenvalue weighted by atomic mass is 35.5. The highest BCUT2D eigenvalue weighted by Gasteiger charge is 2.18. The van der Waals surface area contributed by atoms with Crippen LogP contribution in [-0.2, 0) is 4.79 Å². The zero-order valence-corrected chi connectivity index (χ0v) is 14.7. The molecule has 0 unspecified atom stereocenters. The molecule has 0 spiro atoms. The van der Waals surface area contributed by atoms with Crippen molar-refractivity contribution < 1.29 is 14.0 Å². The summed E-state index contributed by atoms with van der Waals surface area (Å²) in [6.07, 6.45) is 2.71. The summed E-state index contributed by atoms with van der Waals surface area (Å²) in [5, 5.41) is 8.24. The molecule has 25 heavy (non-hydrogen) atoms. The average Bonchev–Trinajstić information content (AvgIpc) is 3.27. The van der Waals surface area contributed by atoms with Gasteiger partial charge < -0.3 is 15.1 Å². The van der Waals surface area contributed by atoms with Crippen LogP contribution in [0.5, 0.6) is 0 Å². The molecule has 128 valence electrons. The highest BCUT2D eigenvalue weighted by Crippen LogP contribution is 2.26. The lowest BCUT2D eigenvalue weighted by Gasteiger charge is -2.12. The highest BCUT2D eigenvalue weighted by molar-refractivity contribution is 7.14. The van der Waals surface area contributed by atoms with Crippen LogP contribution in [0.2, 0.25) is 5.02 Å². The molecule has 0 fully saturated rings. The van der Waals surface area contributed by atoms with Crippen LogP contribution in [0.15, 0.2) is 52.7 Å². The summed E-state index contributed by atoms with van der Waals surface area (Å²) in [5.41, 5.74) is 2.01. The number of carbonyl (C=O) groups is 2. The van der Waals surface area contributed by atoms with Crippen molar-refractivity contribution in [2.24, 2.45) is 0 Å². The van der Waals surface area contributed by atoms with Crippen molar-refractivity contribution in [1.82, 2.24) is 10.3 Å². The van der Waals surface area contributed by atoms with Crippen LogP contribution >= 0.6 is 22.9 Å². The van der Waals surface area contributed by atoms with Gasteiger partial charge in [-0.15, -0.1) is 11.3 Å². The van der Waals surface area contributed by atoms with Crippen molar-refractivity contribution in [3.05, 3.63) is 58.8 Å². The van der Waals surface area contributed by atoms with Crippen molar-refractivity contribution >= 4 is 39.9 Å². The first-order valence-electron chi connectivity index (χ1n) is 7.38. The van der Waals surface area contributed by atoms with Crippen LogP contribution in [0, 0.1) is 0 Å². The van der Waals surface area contributed by atoms with Crippen LogP contribution in [0.4, 0.5) is 5.13 Å². The van der Waals surface area contributed by atoms with E-state index in [1.165, 1.54) is 29.9 Å². The molecule has 0 aliphatic rings. The summed E-state index contributed by atoms with van der Waals surface area (Å²) < 4.78 is 4.85. The number of hydrogen-bond acceptors (Lipinski definition) is 5. The van der Waals surface area contributed by atoms with Crippen molar-refractivity contribution in [3.8, 4) is 11.3 Å². The van der Waals surface area contributed by atoms with Crippen molar-refractivity contribution in [1.29, 1.82) is 0 Å². The molecule has 0 aliphatic heterocycles. The molecular weight excluding hydrogens is 362 g/mol. The van der Waals surface area contributed by atoms with E-state index in [2.05, 4.69) is 15.6 Å². The molecule has 0 saturated carbocycles. The summed E-state index contributed by atoms with van der Waals surface area (Å²) in [5.74, 6) is -0.730.